The fourth-order valence-electron chi connectivity index (χ4n) is 3.86. The molecule has 0 saturated heterocycles. The van der Waals surface area contributed by atoms with Gasteiger partial charge in [-0.05, 0) is 52.8 Å². The topological polar surface area (TPSA) is 87.1 Å². The smallest absolute Gasteiger partial charge is 0.489 e. The van der Waals surface area contributed by atoms with E-state index < -0.39 is 18.1 Å². The number of halogens is 3. The van der Waals surface area contributed by atoms with Crippen molar-refractivity contribution in [3.63, 3.8) is 0 Å². The van der Waals surface area contributed by atoms with Crippen LogP contribution < -0.4 is 4.74 Å². The molecule has 4 rings (SSSR count). The Labute approximate surface area is 212 Å². The van der Waals surface area contributed by atoms with Crippen LogP contribution in [0.1, 0.15) is 34.2 Å². The lowest BCUT2D eigenvalue weighted by Crippen LogP contribution is -2.29. The Balaban J connectivity index is 0.000000479. The first-order chi connectivity index (χ1) is 17.6. The van der Waals surface area contributed by atoms with Gasteiger partial charge in [-0.25, -0.2) is 4.79 Å². The van der Waals surface area contributed by atoms with Crippen LogP contribution in [0.3, 0.4) is 0 Å². The molecule has 1 heterocycles. The van der Waals surface area contributed by atoms with Crippen LogP contribution in [0.15, 0.2) is 72.8 Å². The second-order valence-corrected chi connectivity index (χ2v) is 8.68. The van der Waals surface area contributed by atoms with E-state index in [2.05, 4.69) is 53.4 Å². The zero-order chi connectivity index (χ0) is 26.8. The summed E-state index contributed by atoms with van der Waals surface area (Å²) < 4.78 is 37.6. The Morgan fingerprint density at radius 2 is 1.41 bits per heavy atom. The van der Waals surface area contributed by atoms with Crippen molar-refractivity contribution >= 4 is 11.9 Å². The molecule has 0 saturated carbocycles. The number of carboxylic acids is 2. The van der Waals surface area contributed by atoms with Crippen LogP contribution in [-0.4, -0.2) is 39.8 Å². The van der Waals surface area contributed by atoms with Crippen LogP contribution >= 0.6 is 0 Å². The Morgan fingerprint density at radius 3 is 2.00 bits per heavy atom. The fraction of sp³-hybridized carbons (Fsp3) is 0.286. The number of hydrogen-bond acceptors (Lipinski definition) is 4. The van der Waals surface area contributed by atoms with Gasteiger partial charge in [-0.15, -0.1) is 0 Å². The van der Waals surface area contributed by atoms with Crippen LogP contribution in [0, 0.1) is 0 Å². The molecule has 1 aliphatic rings. The van der Waals surface area contributed by atoms with Crippen LogP contribution in [0.5, 0.6) is 5.75 Å². The minimum atomic E-state index is -5.08. The highest BCUT2D eigenvalue weighted by molar-refractivity contribution is 5.73. The standard InChI is InChI=1S/C26H27NO3.C2HF3O2/c28-26(29)14-11-20-9-12-25(13-10-20)30-19-22-7-5-21(6-8-22)17-27-16-15-23-3-1-2-4-24(23)18-27;3-2(4,5)1(6)7/h1-10,12-13H,11,14-19H2,(H,28,29);(H,6,7). The van der Waals surface area contributed by atoms with Gasteiger partial charge >= 0.3 is 18.1 Å². The summed E-state index contributed by atoms with van der Waals surface area (Å²) >= 11 is 0. The molecule has 9 heteroatoms. The quantitative estimate of drug-likeness (QED) is 0.414. The van der Waals surface area contributed by atoms with Crippen LogP contribution in [0.25, 0.3) is 0 Å². The number of aryl methyl sites for hydroxylation is 1. The molecule has 196 valence electrons. The molecule has 1 aliphatic heterocycles. The van der Waals surface area contributed by atoms with Gasteiger partial charge in [0.25, 0.3) is 0 Å². The number of rotatable bonds is 8. The van der Waals surface area contributed by atoms with E-state index in [-0.39, 0.29) is 6.42 Å². The highest BCUT2D eigenvalue weighted by Crippen LogP contribution is 2.21. The molecule has 37 heavy (non-hydrogen) atoms. The van der Waals surface area contributed by atoms with E-state index in [9.17, 15) is 18.0 Å². The molecular formula is C28H28F3NO5. The molecule has 0 aromatic heterocycles. The van der Waals surface area contributed by atoms with Gasteiger partial charge in [0.05, 0.1) is 0 Å². The fourth-order valence-corrected chi connectivity index (χ4v) is 3.86. The molecule has 0 radical (unpaired) electrons. The summed E-state index contributed by atoms with van der Waals surface area (Å²) in [4.78, 5) is 22.1. The normalized spacial score (nSPS) is 13.2. The SMILES string of the molecule is O=C(O)C(F)(F)F.O=C(O)CCc1ccc(OCc2ccc(CN3CCc4ccccc4C3)cc2)cc1. The lowest BCUT2D eigenvalue weighted by atomic mass is 9.99. The summed E-state index contributed by atoms with van der Waals surface area (Å²) in [6.45, 7) is 3.60. The predicted molar refractivity (Wildman–Crippen MR) is 131 cm³/mol. The van der Waals surface area contributed by atoms with Crippen molar-refractivity contribution in [1.29, 1.82) is 0 Å². The minimum absolute atomic E-state index is 0.149. The van der Waals surface area contributed by atoms with Gasteiger partial charge in [-0.3, -0.25) is 9.69 Å². The van der Waals surface area contributed by atoms with Gasteiger partial charge in [0, 0.05) is 26.1 Å². The van der Waals surface area contributed by atoms with Crippen molar-refractivity contribution in [2.45, 2.75) is 45.1 Å². The number of nitrogens with zero attached hydrogens (tertiary/aromatic N) is 1. The lowest BCUT2D eigenvalue weighted by molar-refractivity contribution is -0.192. The van der Waals surface area contributed by atoms with Gasteiger partial charge in [0.1, 0.15) is 12.4 Å². The van der Waals surface area contributed by atoms with E-state index in [1.807, 2.05) is 24.3 Å². The average molecular weight is 516 g/mol. The molecule has 0 bridgehead atoms. The van der Waals surface area contributed by atoms with Gasteiger partial charge in [-0.2, -0.15) is 13.2 Å². The van der Waals surface area contributed by atoms with Gasteiger partial charge in [-0.1, -0.05) is 60.7 Å². The number of ether oxygens (including phenoxy) is 1. The van der Waals surface area contributed by atoms with E-state index in [1.54, 1.807) is 0 Å². The molecule has 3 aromatic rings. The van der Waals surface area contributed by atoms with Crippen LogP contribution in [0.2, 0.25) is 0 Å². The van der Waals surface area contributed by atoms with Crippen LogP contribution in [-0.2, 0) is 42.1 Å². The second kappa shape index (κ2) is 12.9. The summed E-state index contributed by atoms with van der Waals surface area (Å²) in [6.07, 6.45) is -3.27. The van der Waals surface area contributed by atoms with Crippen LogP contribution in [0.4, 0.5) is 13.2 Å². The Hall–Kier alpha value is -3.85. The number of aliphatic carboxylic acids is 2. The summed E-state index contributed by atoms with van der Waals surface area (Å²) in [6, 6.07) is 25.0. The van der Waals surface area contributed by atoms with E-state index in [1.165, 1.54) is 16.7 Å². The van der Waals surface area contributed by atoms with Crippen molar-refractivity contribution in [2.75, 3.05) is 6.54 Å². The number of alkyl halides is 3. The van der Waals surface area contributed by atoms with Gasteiger partial charge < -0.3 is 14.9 Å². The van der Waals surface area contributed by atoms with Crippen molar-refractivity contribution in [2.24, 2.45) is 0 Å². The third-order valence-corrected chi connectivity index (χ3v) is 5.84. The molecule has 0 fully saturated rings. The maximum atomic E-state index is 10.7. The van der Waals surface area contributed by atoms with E-state index in [4.69, 9.17) is 19.7 Å². The van der Waals surface area contributed by atoms with E-state index >= 15 is 0 Å². The monoisotopic (exact) mass is 515 g/mol. The molecule has 0 amide bonds. The average Bonchev–Trinajstić information content (AvgIpc) is 2.87. The van der Waals surface area contributed by atoms with E-state index in [0.29, 0.717) is 13.0 Å². The summed E-state index contributed by atoms with van der Waals surface area (Å²) in [5.74, 6) is -2.73. The number of benzene rings is 3. The number of carbonyl (C=O) groups is 2. The lowest BCUT2D eigenvalue weighted by Gasteiger charge is -2.28. The number of carboxylic acid groups (broad SMARTS) is 2. The molecular weight excluding hydrogens is 487 g/mol. The maximum absolute atomic E-state index is 10.7. The van der Waals surface area contributed by atoms with Crippen molar-refractivity contribution in [3.05, 3.63) is 101 Å². The molecule has 6 nitrogen and oxygen atoms in total. The van der Waals surface area contributed by atoms with Gasteiger partial charge in [0.2, 0.25) is 0 Å². The number of fused-ring (bicyclic) bond motifs is 1. The predicted octanol–water partition coefficient (Wildman–Crippen LogP) is 5.47. The second-order valence-electron chi connectivity index (χ2n) is 8.68. The third-order valence-electron chi connectivity index (χ3n) is 5.84. The van der Waals surface area contributed by atoms with Crippen molar-refractivity contribution in [3.8, 4) is 5.75 Å². The highest BCUT2D eigenvalue weighted by atomic mass is 19.4. The molecule has 2 N–H and O–H groups in total. The number of hydrogen-bond donors (Lipinski definition) is 2. The summed E-state index contributed by atoms with van der Waals surface area (Å²) in [5, 5.41) is 15.9. The van der Waals surface area contributed by atoms with Crippen molar-refractivity contribution in [1.82, 2.24) is 4.90 Å². The largest absolute Gasteiger partial charge is 0.490 e. The first-order valence-corrected chi connectivity index (χ1v) is 11.7. The Morgan fingerprint density at radius 1 is 0.838 bits per heavy atom. The molecule has 3 aromatic carbocycles. The zero-order valence-corrected chi connectivity index (χ0v) is 20.1. The van der Waals surface area contributed by atoms with Crippen molar-refractivity contribution < 1.29 is 37.7 Å². The molecule has 0 unspecified atom stereocenters. The summed E-state index contributed by atoms with van der Waals surface area (Å²) in [5.41, 5.74) is 6.40. The first-order valence-electron chi connectivity index (χ1n) is 11.7. The maximum Gasteiger partial charge on any atom is 0.490 e. The molecule has 0 atom stereocenters. The molecule has 0 aliphatic carbocycles. The highest BCUT2D eigenvalue weighted by Gasteiger charge is 2.38. The third kappa shape index (κ3) is 9.27. The first kappa shape index (κ1) is 27.7. The van der Waals surface area contributed by atoms with Gasteiger partial charge in [0.15, 0.2) is 0 Å². The zero-order valence-electron chi connectivity index (χ0n) is 20.1. The summed E-state index contributed by atoms with van der Waals surface area (Å²) in [7, 11) is 0. The Bertz CT molecular complexity index is 1180. The van der Waals surface area contributed by atoms with E-state index in [0.717, 1.165) is 42.9 Å². The minimum Gasteiger partial charge on any atom is -0.489 e. The Kier molecular flexibility index (Phi) is 9.68. The molecule has 0 spiro atoms.